The molecule has 0 fully saturated rings. The van der Waals surface area contributed by atoms with Crippen molar-refractivity contribution in [2.45, 2.75) is 6.92 Å². The summed E-state index contributed by atoms with van der Waals surface area (Å²) in [5.74, 6) is -0.778. The highest BCUT2D eigenvalue weighted by molar-refractivity contribution is 5.76. The molecule has 0 aliphatic rings. The van der Waals surface area contributed by atoms with Crippen molar-refractivity contribution >= 4 is 18.3 Å². The van der Waals surface area contributed by atoms with Crippen molar-refractivity contribution in [1.82, 2.24) is 10.3 Å². The van der Waals surface area contributed by atoms with Gasteiger partial charge in [-0.2, -0.15) is 0 Å². The van der Waals surface area contributed by atoms with Crippen molar-refractivity contribution < 1.29 is 14.0 Å². The van der Waals surface area contributed by atoms with Crippen LogP contribution in [0.4, 0.5) is 4.39 Å². The molecule has 1 rings (SSSR count). The predicted octanol–water partition coefficient (Wildman–Crippen LogP) is 1.18. The summed E-state index contributed by atoms with van der Waals surface area (Å²) >= 11 is 0. The standard InChI is InChI=1S/C11H11FN2O2/c1-8(16)13-4-2-3-10-5-9(7-15)11(12)6-14-10/h2-3,5-7H,4H2,1H3,(H,13,16). The van der Waals surface area contributed by atoms with E-state index in [-0.39, 0.29) is 11.5 Å². The molecule has 1 aromatic rings. The van der Waals surface area contributed by atoms with E-state index in [1.165, 1.54) is 13.0 Å². The Hall–Kier alpha value is -2.04. The van der Waals surface area contributed by atoms with E-state index in [0.717, 1.165) is 6.20 Å². The first kappa shape index (κ1) is 12.0. The Morgan fingerprint density at radius 1 is 1.62 bits per heavy atom. The summed E-state index contributed by atoms with van der Waals surface area (Å²) in [6.45, 7) is 1.78. The molecule has 0 radical (unpaired) electrons. The number of amides is 1. The molecular formula is C11H11FN2O2. The molecular weight excluding hydrogens is 211 g/mol. The zero-order chi connectivity index (χ0) is 12.0. The van der Waals surface area contributed by atoms with Crippen LogP contribution in [0, 0.1) is 5.82 Å². The van der Waals surface area contributed by atoms with Gasteiger partial charge in [0.15, 0.2) is 12.1 Å². The maximum atomic E-state index is 12.9. The number of carbonyl (C=O) groups is 2. The summed E-state index contributed by atoms with van der Waals surface area (Å²) in [6, 6.07) is 1.34. The Bertz CT molecular complexity index is 430. The SMILES string of the molecule is CC(=O)NCC=Cc1cc(C=O)c(F)cn1. The number of halogens is 1. The van der Waals surface area contributed by atoms with Crippen LogP contribution in [0.2, 0.25) is 0 Å². The van der Waals surface area contributed by atoms with E-state index >= 15 is 0 Å². The van der Waals surface area contributed by atoms with Crippen LogP contribution in [0.1, 0.15) is 23.0 Å². The highest BCUT2D eigenvalue weighted by Crippen LogP contribution is 2.06. The number of aromatic nitrogens is 1. The normalized spacial score (nSPS) is 10.4. The second-order valence-electron chi connectivity index (χ2n) is 3.09. The third-order valence-electron chi connectivity index (χ3n) is 1.79. The van der Waals surface area contributed by atoms with Gasteiger partial charge >= 0.3 is 0 Å². The quantitative estimate of drug-likeness (QED) is 0.778. The number of aldehydes is 1. The molecule has 0 aliphatic heterocycles. The molecule has 0 saturated carbocycles. The molecule has 0 aromatic carbocycles. The van der Waals surface area contributed by atoms with Gasteiger partial charge in [-0.25, -0.2) is 4.39 Å². The second-order valence-corrected chi connectivity index (χ2v) is 3.09. The summed E-state index contributed by atoms with van der Waals surface area (Å²) in [7, 11) is 0. The lowest BCUT2D eigenvalue weighted by atomic mass is 10.2. The molecule has 0 saturated heterocycles. The number of rotatable bonds is 4. The van der Waals surface area contributed by atoms with Crippen LogP contribution in [-0.4, -0.2) is 23.7 Å². The molecule has 16 heavy (non-hydrogen) atoms. The maximum Gasteiger partial charge on any atom is 0.217 e. The summed E-state index contributed by atoms with van der Waals surface area (Å²) in [6.07, 6.45) is 4.68. The molecule has 1 aromatic heterocycles. The molecule has 4 nitrogen and oxygen atoms in total. The summed E-state index contributed by atoms with van der Waals surface area (Å²) in [5, 5.41) is 2.56. The Balaban J connectivity index is 2.67. The fraction of sp³-hybridized carbons (Fsp3) is 0.182. The van der Waals surface area contributed by atoms with Gasteiger partial charge in [0.05, 0.1) is 17.5 Å². The van der Waals surface area contributed by atoms with Crippen LogP contribution < -0.4 is 5.32 Å². The van der Waals surface area contributed by atoms with Gasteiger partial charge in [0.25, 0.3) is 0 Å². The minimum atomic E-state index is -0.644. The second kappa shape index (κ2) is 5.75. The first-order chi connectivity index (χ1) is 7.63. The van der Waals surface area contributed by atoms with Crippen LogP contribution in [0.15, 0.2) is 18.3 Å². The first-order valence-corrected chi connectivity index (χ1v) is 4.65. The Morgan fingerprint density at radius 3 is 3.00 bits per heavy atom. The van der Waals surface area contributed by atoms with E-state index in [1.807, 2.05) is 0 Å². The number of hydrogen-bond donors (Lipinski definition) is 1. The van der Waals surface area contributed by atoms with Gasteiger partial charge in [-0.15, -0.1) is 0 Å². The van der Waals surface area contributed by atoms with Crippen molar-refractivity contribution in [1.29, 1.82) is 0 Å². The molecule has 0 aliphatic carbocycles. The topological polar surface area (TPSA) is 59.1 Å². The van der Waals surface area contributed by atoms with Crippen molar-refractivity contribution in [2.24, 2.45) is 0 Å². The summed E-state index contributed by atoms with van der Waals surface area (Å²) in [4.78, 5) is 24.8. The van der Waals surface area contributed by atoms with Crippen molar-refractivity contribution in [3.05, 3.63) is 35.4 Å². The molecule has 1 N–H and O–H groups in total. The zero-order valence-corrected chi connectivity index (χ0v) is 8.74. The number of carbonyl (C=O) groups excluding carboxylic acids is 2. The van der Waals surface area contributed by atoms with E-state index in [2.05, 4.69) is 10.3 Å². The monoisotopic (exact) mass is 222 g/mol. The van der Waals surface area contributed by atoms with Crippen molar-refractivity contribution in [2.75, 3.05) is 6.54 Å². The minimum absolute atomic E-state index is 0.0332. The van der Waals surface area contributed by atoms with Crippen molar-refractivity contribution in [3.63, 3.8) is 0 Å². The summed E-state index contributed by atoms with van der Waals surface area (Å²) in [5.41, 5.74) is 0.433. The number of pyridine rings is 1. The van der Waals surface area contributed by atoms with Crippen LogP contribution >= 0.6 is 0 Å². The lowest BCUT2D eigenvalue weighted by Gasteiger charge is -1.97. The molecule has 1 amide bonds. The fourth-order valence-electron chi connectivity index (χ4n) is 1.04. The Labute approximate surface area is 92.2 Å². The summed E-state index contributed by atoms with van der Waals surface area (Å²) < 4.78 is 12.9. The Morgan fingerprint density at radius 2 is 2.38 bits per heavy atom. The molecule has 1 heterocycles. The maximum absolute atomic E-state index is 12.9. The smallest absolute Gasteiger partial charge is 0.217 e. The number of nitrogens with zero attached hydrogens (tertiary/aromatic N) is 1. The van der Waals surface area contributed by atoms with Crippen LogP contribution in [0.5, 0.6) is 0 Å². The zero-order valence-electron chi connectivity index (χ0n) is 8.74. The molecule has 0 atom stereocenters. The largest absolute Gasteiger partial charge is 0.353 e. The van der Waals surface area contributed by atoms with E-state index in [0.29, 0.717) is 18.5 Å². The van der Waals surface area contributed by atoms with E-state index in [4.69, 9.17) is 0 Å². The van der Waals surface area contributed by atoms with E-state index < -0.39 is 5.82 Å². The Kier molecular flexibility index (Phi) is 4.32. The van der Waals surface area contributed by atoms with Gasteiger partial charge in [-0.1, -0.05) is 6.08 Å². The van der Waals surface area contributed by atoms with E-state index in [9.17, 15) is 14.0 Å². The molecule has 5 heteroatoms. The van der Waals surface area contributed by atoms with Gasteiger partial charge in [0.1, 0.15) is 0 Å². The molecule has 0 spiro atoms. The van der Waals surface area contributed by atoms with Gasteiger partial charge in [0.2, 0.25) is 5.91 Å². The predicted molar refractivity (Wildman–Crippen MR) is 57.3 cm³/mol. The molecule has 0 unspecified atom stereocenters. The molecule has 0 bridgehead atoms. The van der Waals surface area contributed by atoms with Gasteiger partial charge in [-0.3, -0.25) is 14.6 Å². The number of nitrogens with one attached hydrogen (secondary N) is 1. The first-order valence-electron chi connectivity index (χ1n) is 4.65. The van der Waals surface area contributed by atoms with Crippen LogP contribution in [0.25, 0.3) is 6.08 Å². The highest BCUT2D eigenvalue weighted by Gasteiger charge is 2.01. The van der Waals surface area contributed by atoms with Gasteiger partial charge in [-0.05, 0) is 12.1 Å². The lowest BCUT2D eigenvalue weighted by molar-refractivity contribution is -0.118. The van der Waals surface area contributed by atoms with Gasteiger partial charge < -0.3 is 5.32 Å². The lowest BCUT2D eigenvalue weighted by Crippen LogP contribution is -2.19. The minimum Gasteiger partial charge on any atom is -0.353 e. The van der Waals surface area contributed by atoms with Crippen molar-refractivity contribution in [3.8, 4) is 0 Å². The average Bonchev–Trinajstić information content (AvgIpc) is 2.26. The molecule has 84 valence electrons. The third-order valence-corrected chi connectivity index (χ3v) is 1.79. The average molecular weight is 222 g/mol. The third kappa shape index (κ3) is 3.61. The van der Waals surface area contributed by atoms with E-state index in [1.54, 1.807) is 12.2 Å². The fourth-order valence-corrected chi connectivity index (χ4v) is 1.04. The number of hydrogen-bond acceptors (Lipinski definition) is 3. The highest BCUT2D eigenvalue weighted by atomic mass is 19.1. The van der Waals surface area contributed by atoms with Crippen LogP contribution in [-0.2, 0) is 4.79 Å². The van der Waals surface area contributed by atoms with Crippen LogP contribution in [0.3, 0.4) is 0 Å². The van der Waals surface area contributed by atoms with Gasteiger partial charge in [0, 0.05) is 13.5 Å².